The average Bonchev–Trinajstić information content (AvgIpc) is 2.67. The molecule has 1 aliphatic rings. The summed E-state index contributed by atoms with van der Waals surface area (Å²) in [5.41, 5.74) is 0.694. The van der Waals surface area contributed by atoms with Gasteiger partial charge in [-0.1, -0.05) is 5.21 Å². The minimum Gasteiger partial charge on any atom is -0.369 e. The van der Waals surface area contributed by atoms with E-state index < -0.39 is 0 Å². The van der Waals surface area contributed by atoms with E-state index in [0.29, 0.717) is 18.7 Å². The zero-order valence-electron chi connectivity index (χ0n) is 7.01. The number of nitrogens with zero attached hydrogens (tertiary/aromatic N) is 3. The molecular weight excluding hydrogens is 172 g/mol. The molecule has 2 rings (SSSR count). The Bertz CT molecular complexity index is 292. The summed E-state index contributed by atoms with van der Waals surface area (Å²) in [5.74, 6) is 0. The van der Waals surface area contributed by atoms with Crippen LogP contribution in [0.5, 0.6) is 0 Å². The van der Waals surface area contributed by atoms with E-state index in [-0.39, 0.29) is 6.10 Å². The van der Waals surface area contributed by atoms with Crippen LogP contribution in [0.4, 0.5) is 0 Å². The Morgan fingerprint density at radius 1 is 1.77 bits per heavy atom. The Balaban J connectivity index is 2.09. The maximum absolute atomic E-state index is 10.3. The molecule has 0 saturated carbocycles. The summed E-state index contributed by atoms with van der Waals surface area (Å²) in [5, 5.41) is 10.6. The van der Waals surface area contributed by atoms with E-state index in [4.69, 9.17) is 4.74 Å². The summed E-state index contributed by atoms with van der Waals surface area (Å²) < 4.78 is 6.56. The molecule has 1 N–H and O–H groups in total. The second kappa shape index (κ2) is 3.63. The van der Waals surface area contributed by atoms with Crippen molar-refractivity contribution in [2.24, 2.45) is 0 Å². The fourth-order valence-corrected chi connectivity index (χ4v) is 1.24. The first kappa shape index (κ1) is 8.33. The van der Waals surface area contributed by atoms with E-state index in [0.717, 1.165) is 17.8 Å². The van der Waals surface area contributed by atoms with Crippen molar-refractivity contribution in [3.8, 4) is 0 Å². The van der Waals surface area contributed by atoms with Crippen molar-refractivity contribution in [2.75, 3.05) is 19.7 Å². The van der Waals surface area contributed by atoms with E-state index in [2.05, 4.69) is 15.6 Å². The van der Waals surface area contributed by atoms with Gasteiger partial charge in [-0.25, -0.2) is 0 Å². The minimum atomic E-state index is -0.0811. The summed E-state index contributed by atoms with van der Waals surface area (Å²) >= 11 is 0. The fraction of sp³-hybridized carbons (Fsp3) is 0.571. The SMILES string of the molecule is O=Cn1cc(C2CNCCO2)nn1. The van der Waals surface area contributed by atoms with Crippen molar-refractivity contribution in [1.82, 2.24) is 20.3 Å². The van der Waals surface area contributed by atoms with Crippen LogP contribution in [0.25, 0.3) is 0 Å². The monoisotopic (exact) mass is 182 g/mol. The number of nitrogens with one attached hydrogen (secondary N) is 1. The zero-order chi connectivity index (χ0) is 9.10. The van der Waals surface area contributed by atoms with Gasteiger partial charge in [-0.2, -0.15) is 4.68 Å². The molecular formula is C7H10N4O2. The highest BCUT2D eigenvalue weighted by Crippen LogP contribution is 2.14. The predicted octanol–water partition coefficient (Wildman–Crippen LogP) is -1.02. The predicted molar refractivity (Wildman–Crippen MR) is 43.7 cm³/mol. The lowest BCUT2D eigenvalue weighted by molar-refractivity contribution is 0.0250. The first-order chi connectivity index (χ1) is 6.40. The largest absolute Gasteiger partial charge is 0.369 e. The van der Waals surface area contributed by atoms with Gasteiger partial charge in [0.15, 0.2) is 0 Å². The van der Waals surface area contributed by atoms with Crippen LogP contribution in [0, 0.1) is 0 Å². The van der Waals surface area contributed by atoms with Crippen LogP contribution in [0.1, 0.15) is 11.8 Å². The minimum absolute atomic E-state index is 0.0811. The van der Waals surface area contributed by atoms with E-state index in [1.807, 2.05) is 0 Å². The van der Waals surface area contributed by atoms with Crippen molar-refractivity contribution in [2.45, 2.75) is 6.10 Å². The second-order valence-corrected chi connectivity index (χ2v) is 2.79. The Morgan fingerprint density at radius 2 is 2.69 bits per heavy atom. The molecule has 2 heterocycles. The third-order valence-corrected chi connectivity index (χ3v) is 1.89. The molecule has 1 aromatic heterocycles. The van der Waals surface area contributed by atoms with Gasteiger partial charge in [-0.3, -0.25) is 4.79 Å². The molecule has 0 aliphatic carbocycles. The van der Waals surface area contributed by atoms with Crippen LogP contribution in [0.3, 0.4) is 0 Å². The molecule has 0 radical (unpaired) electrons. The molecule has 1 fully saturated rings. The van der Waals surface area contributed by atoms with Crippen LogP contribution in [0.15, 0.2) is 6.20 Å². The molecule has 70 valence electrons. The van der Waals surface area contributed by atoms with Gasteiger partial charge < -0.3 is 10.1 Å². The van der Waals surface area contributed by atoms with E-state index >= 15 is 0 Å². The lowest BCUT2D eigenvalue weighted by Crippen LogP contribution is -2.33. The molecule has 1 saturated heterocycles. The number of carbonyl (C=O) groups is 1. The molecule has 1 atom stereocenters. The average molecular weight is 182 g/mol. The Labute approximate surface area is 74.9 Å². The van der Waals surface area contributed by atoms with Crippen LogP contribution in [0.2, 0.25) is 0 Å². The highest BCUT2D eigenvalue weighted by atomic mass is 16.5. The Kier molecular flexibility index (Phi) is 2.33. The molecule has 1 aromatic rings. The highest BCUT2D eigenvalue weighted by molar-refractivity contribution is 5.49. The topological polar surface area (TPSA) is 69.0 Å². The highest BCUT2D eigenvalue weighted by Gasteiger charge is 2.18. The summed E-state index contributed by atoms with van der Waals surface area (Å²) in [4.78, 5) is 10.3. The number of hydrogen-bond acceptors (Lipinski definition) is 5. The molecule has 1 aliphatic heterocycles. The van der Waals surface area contributed by atoms with Crippen LogP contribution in [-0.2, 0) is 9.53 Å². The summed E-state index contributed by atoms with van der Waals surface area (Å²) in [7, 11) is 0. The van der Waals surface area contributed by atoms with Crippen LogP contribution in [-0.4, -0.2) is 41.1 Å². The molecule has 0 aromatic carbocycles. The van der Waals surface area contributed by atoms with Crippen molar-refractivity contribution in [1.29, 1.82) is 0 Å². The van der Waals surface area contributed by atoms with Crippen molar-refractivity contribution in [3.63, 3.8) is 0 Å². The maximum Gasteiger partial charge on any atom is 0.235 e. The summed E-state index contributed by atoms with van der Waals surface area (Å²) in [6, 6.07) is 0. The quantitative estimate of drug-likeness (QED) is 0.593. The van der Waals surface area contributed by atoms with Crippen molar-refractivity contribution < 1.29 is 9.53 Å². The van der Waals surface area contributed by atoms with Gasteiger partial charge in [-0.05, 0) is 0 Å². The normalized spacial score (nSPS) is 22.9. The van der Waals surface area contributed by atoms with Gasteiger partial charge in [0.25, 0.3) is 0 Å². The Morgan fingerprint density at radius 3 is 3.31 bits per heavy atom. The zero-order valence-corrected chi connectivity index (χ0v) is 7.01. The van der Waals surface area contributed by atoms with Gasteiger partial charge in [0, 0.05) is 13.1 Å². The van der Waals surface area contributed by atoms with Gasteiger partial charge in [0.1, 0.15) is 11.8 Å². The van der Waals surface area contributed by atoms with Crippen molar-refractivity contribution in [3.05, 3.63) is 11.9 Å². The number of hydrogen-bond donors (Lipinski definition) is 1. The standard InChI is InChI=1S/C7H10N4O2/c12-5-11-4-6(9-10-11)7-3-8-1-2-13-7/h4-5,7-8H,1-3H2. The molecule has 13 heavy (non-hydrogen) atoms. The Hall–Kier alpha value is -1.27. The van der Waals surface area contributed by atoms with Crippen LogP contribution >= 0.6 is 0 Å². The van der Waals surface area contributed by atoms with Gasteiger partial charge in [0.2, 0.25) is 6.41 Å². The number of aromatic nitrogens is 3. The third-order valence-electron chi connectivity index (χ3n) is 1.89. The lowest BCUT2D eigenvalue weighted by Gasteiger charge is -2.21. The molecule has 1 unspecified atom stereocenters. The molecule has 0 amide bonds. The molecule has 6 nitrogen and oxygen atoms in total. The smallest absolute Gasteiger partial charge is 0.235 e. The summed E-state index contributed by atoms with van der Waals surface area (Å²) in [6.07, 6.45) is 2.10. The van der Waals surface area contributed by atoms with E-state index in [1.165, 1.54) is 0 Å². The van der Waals surface area contributed by atoms with Gasteiger partial charge in [0.05, 0.1) is 12.8 Å². The second-order valence-electron chi connectivity index (χ2n) is 2.79. The van der Waals surface area contributed by atoms with Gasteiger partial charge in [-0.15, -0.1) is 5.10 Å². The fourth-order valence-electron chi connectivity index (χ4n) is 1.24. The molecule has 6 heteroatoms. The summed E-state index contributed by atoms with van der Waals surface area (Å²) in [6.45, 7) is 2.24. The number of rotatable bonds is 2. The van der Waals surface area contributed by atoms with Crippen molar-refractivity contribution >= 4 is 6.41 Å². The van der Waals surface area contributed by atoms with Crippen LogP contribution < -0.4 is 5.32 Å². The lowest BCUT2D eigenvalue weighted by atomic mass is 10.2. The number of morpholine rings is 1. The van der Waals surface area contributed by atoms with Gasteiger partial charge >= 0.3 is 0 Å². The number of carbonyl (C=O) groups excluding carboxylic acids is 1. The molecule has 0 spiro atoms. The first-order valence-electron chi connectivity index (χ1n) is 4.09. The first-order valence-corrected chi connectivity index (χ1v) is 4.09. The van der Waals surface area contributed by atoms with E-state index in [9.17, 15) is 4.79 Å². The van der Waals surface area contributed by atoms with E-state index in [1.54, 1.807) is 6.20 Å². The third kappa shape index (κ3) is 1.73. The maximum atomic E-state index is 10.3. The molecule has 0 bridgehead atoms. The number of ether oxygens (including phenoxy) is 1.